The van der Waals surface area contributed by atoms with Crippen LogP contribution in [-0.2, 0) is 16.0 Å². The van der Waals surface area contributed by atoms with Gasteiger partial charge in [-0.15, -0.1) is 0 Å². The van der Waals surface area contributed by atoms with Crippen LogP contribution in [0.2, 0.25) is 0 Å². The molecule has 0 unspecified atom stereocenters. The first-order chi connectivity index (χ1) is 9.81. The van der Waals surface area contributed by atoms with Crippen LogP contribution in [0.25, 0.3) is 0 Å². The minimum atomic E-state index is 0.163. The summed E-state index contributed by atoms with van der Waals surface area (Å²) in [6.07, 6.45) is 5.70. The molecule has 3 nitrogen and oxygen atoms in total. The third kappa shape index (κ3) is 2.73. The van der Waals surface area contributed by atoms with Crippen LogP contribution in [0.4, 0.5) is 0 Å². The lowest BCUT2D eigenvalue weighted by Crippen LogP contribution is -2.40. The highest BCUT2D eigenvalue weighted by Crippen LogP contribution is 2.40. The molecule has 0 radical (unpaired) electrons. The average molecular weight is 273 g/mol. The number of hydrogen-bond donors (Lipinski definition) is 0. The molecule has 0 bridgehead atoms. The van der Waals surface area contributed by atoms with Gasteiger partial charge in [-0.2, -0.15) is 0 Å². The number of aryl methyl sites for hydroxylation is 1. The van der Waals surface area contributed by atoms with Gasteiger partial charge in [0, 0.05) is 12.6 Å². The number of rotatable bonds is 5. The highest BCUT2D eigenvalue weighted by Gasteiger charge is 2.39. The lowest BCUT2D eigenvalue weighted by atomic mass is 9.86. The molecule has 1 fully saturated rings. The number of fused-ring (bicyclic) bond motifs is 1. The van der Waals surface area contributed by atoms with E-state index in [-0.39, 0.29) is 18.6 Å². The van der Waals surface area contributed by atoms with Crippen molar-refractivity contribution in [1.82, 2.24) is 4.90 Å². The third-order valence-electron chi connectivity index (χ3n) is 4.33. The van der Waals surface area contributed by atoms with E-state index in [1.807, 2.05) is 6.92 Å². The summed E-state index contributed by atoms with van der Waals surface area (Å²) in [4.78, 5) is 14.6. The Bertz CT molecular complexity index is 482. The van der Waals surface area contributed by atoms with Gasteiger partial charge in [0.25, 0.3) is 0 Å². The van der Waals surface area contributed by atoms with E-state index in [1.54, 1.807) is 0 Å². The van der Waals surface area contributed by atoms with E-state index in [1.165, 1.54) is 17.5 Å². The smallest absolute Gasteiger partial charge is 0.249 e. The van der Waals surface area contributed by atoms with Gasteiger partial charge in [0.1, 0.15) is 6.61 Å². The fraction of sp³-hybridized carbons (Fsp3) is 0.588. The normalized spacial score (nSPS) is 21.4. The molecular formula is C17H23NO2. The molecule has 3 heteroatoms. The molecule has 0 aliphatic heterocycles. The van der Waals surface area contributed by atoms with Crippen molar-refractivity contribution in [2.75, 3.05) is 13.2 Å². The fourth-order valence-corrected chi connectivity index (χ4v) is 3.27. The van der Waals surface area contributed by atoms with Gasteiger partial charge in [-0.25, -0.2) is 0 Å². The van der Waals surface area contributed by atoms with Crippen molar-refractivity contribution in [3.8, 4) is 0 Å². The molecule has 0 aromatic heterocycles. The van der Waals surface area contributed by atoms with Crippen LogP contribution >= 0.6 is 0 Å². The first-order valence-corrected chi connectivity index (χ1v) is 7.78. The zero-order valence-electron chi connectivity index (χ0n) is 12.2. The second-order valence-electron chi connectivity index (χ2n) is 5.78. The van der Waals surface area contributed by atoms with E-state index >= 15 is 0 Å². The molecule has 20 heavy (non-hydrogen) atoms. The predicted molar refractivity (Wildman–Crippen MR) is 78.5 cm³/mol. The Kier molecular flexibility index (Phi) is 4.06. The quantitative estimate of drug-likeness (QED) is 0.825. The third-order valence-corrected chi connectivity index (χ3v) is 4.33. The minimum Gasteiger partial charge on any atom is -0.372 e. The first-order valence-electron chi connectivity index (χ1n) is 7.78. The van der Waals surface area contributed by atoms with Gasteiger partial charge in [-0.05, 0) is 50.2 Å². The molecule has 1 aromatic rings. The van der Waals surface area contributed by atoms with E-state index in [0.29, 0.717) is 12.6 Å². The maximum atomic E-state index is 12.5. The molecular weight excluding hydrogens is 250 g/mol. The number of carbonyl (C=O) groups excluding carboxylic acids is 1. The van der Waals surface area contributed by atoms with Crippen molar-refractivity contribution in [3.63, 3.8) is 0 Å². The summed E-state index contributed by atoms with van der Waals surface area (Å²) in [6, 6.07) is 9.31. The second-order valence-corrected chi connectivity index (χ2v) is 5.78. The Balaban J connectivity index is 1.83. The van der Waals surface area contributed by atoms with Gasteiger partial charge in [0.15, 0.2) is 0 Å². The Hall–Kier alpha value is -1.35. The van der Waals surface area contributed by atoms with Crippen LogP contribution < -0.4 is 0 Å². The van der Waals surface area contributed by atoms with E-state index in [4.69, 9.17) is 4.74 Å². The first kappa shape index (κ1) is 13.6. The monoisotopic (exact) mass is 273 g/mol. The van der Waals surface area contributed by atoms with Gasteiger partial charge in [-0.3, -0.25) is 4.79 Å². The maximum absolute atomic E-state index is 12.5. The molecule has 1 saturated carbocycles. The fourth-order valence-electron chi connectivity index (χ4n) is 3.27. The van der Waals surface area contributed by atoms with Crippen molar-refractivity contribution < 1.29 is 9.53 Å². The minimum absolute atomic E-state index is 0.163. The molecule has 1 aromatic carbocycles. The summed E-state index contributed by atoms with van der Waals surface area (Å²) in [5.74, 6) is 0.163. The molecule has 2 aliphatic rings. The summed E-state index contributed by atoms with van der Waals surface area (Å²) < 4.78 is 5.34. The summed E-state index contributed by atoms with van der Waals surface area (Å²) in [7, 11) is 0. The molecule has 3 rings (SSSR count). The number of hydrogen-bond acceptors (Lipinski definition) is 2. The number of nitrogens with zero attached hydrogens (tertiary/aromatic N) is 1. The zero-order valence-corrected chi connectivity index (χ0v) is 12.2. The highest BCUT2D eigenvalue weighted by atomic mass is 16.5. The standard InChI is InChI=1S/C17H23NO2/c1-2-20-12-17(19)18(14-10-11-14)16-9-5-7-13-6-3-4-8-15(13)16/h3-4,6,8,14,16H,2,5,7,9-12H2,1H3/t16-/m0/s1. The molecule has 2 aliphatic carbocycles. The van der Waals surface area contributed by atoms with Crippen LogP contribution in [0.15, 0.2) is 24.3 Å². The van der Waals surface area contributed by atoms with Crippen LogP contribution in [0.1, 0.15) is 49.8 Å². The Morgan fingerprint density at radius 3 is 2.85 bits per heavy atom. The second kappa shape index (κ2) is 5.96. The van der Waals surface area contributed by atoms with E-state index in [2.05, 4.69) is 29.2 Å². The van der Waals surface area contributed by atoms with E-state index in [0.717, 1.165) is 25.7 Å². The van der Waals surface area contributed by atoms with Gasteiger partial charge < -0.3 is 9.64 Å². The number of amides is 1. The van der Waals surface area contributed by atoms with E-state index < -0.39 is 0 Å². The molecule has 0 N–H and O–H groups in total. The van der Waals surface area contributed by atoms with Gasteiger partial charge in [0.2, 0.25) is 5.91 Å². The van der Waals surface area contributed by atoms with Crippen LogP contribution in [-0.4, -0.2) is 30.1 Å². The zero-order chi connectivity index (χ0) is 13.9. The van der Waals surface area contributed by atoms with Crippen molar-refractivity contribution in [1.29, 1.82) is 0 Å². The molecule has 1 atom stereocenters. The average Bonchev–Trinajstić information content (AvgIpc) is 3.30. The van der Waals surface area contributed by atoms with Crippen LogP contribution in [0.5, 0.6) is 0 Å². The van der Waals surface area contributed by atoms with Gasteiger partial charge in [-0.1, -0.05) is 24.3 Å². The maximum Gasteiger partial charge on any atom is 0.249 e. The lowest BCUT2D eigenvalue weighted by molar-refractivity contribution is -0.139. The highest BCUT2D eigenvalue weighted by molar-refractivity contribution is 5.78. The lowest BCUT2D eigenvalue weighted by Gasteiger charge is -2.36. The summed E-state index contributed by atoms with van der Waals surface area (Å²) in [6.45, 7) is 2.77. The number of carbonyl (C=O) groups is 1. The van der Waals surface area contributed by atoms with Crippen molar-refractivity contribution in [2.24, 2.45) is 0 Å². The number of ether oxygens (including phenoxy) is 1. The topological polar surface area (TPSA) is 29.5 Å². The number of benzene rings is 1. The SMILES string of the molecule is CCOCC(=O)N(C1CC1)[C@H]1CCCc2ccccc21. The molecule has 108 valence electrons. The molecule has 0 spiro atoms. The van der Waals surface area contributed by atoms with Crippen molar-refractivity contribution >= 4 is 5.91 Å². The Morgan fingerprint density at radius 2 is 2.10 bits per heavy atom. The van der Waals surface area contributed by atoms with E-state index in [9.17, 15) is 4.79 Å². The summed E-state index contributed by atoms with van der Waals surface area (Å²) in [5.41, 5.74) is 2.77. The van der Waals surface area contributed by atoms with Gasteiger partial charge in [0.05, 0.1) is 6.04 Å². The van der Waals surface area contributed by atoms with Gasteiger partial charge >= 0.3 is 0 Å². The summed E-state index contributed by atoms with van der Waals surface area (Å²) >= 11 is 0. The van der Waals surface area contributed by atoms with Crippen molar-refractivity contribution in [2.45, 2.75) is 51.1 Å². The molecule has 0 saturated heterocycles. The largest absolute Gasteiger partial charge is 0.372 e. The summed E-state index contributed by atoms with van der Waals surface area (Å²) in [5, 5.41) is 0. The van der Waals surface area contributed by atoms with Crippen LogP contribution in [0, 0.1) is 0 Å². The van der Waals surface area contributed by atoms with Crippen molar-refractivity contribution in [3.05, 3.63) is 35.4 Å². The Labute approximate surface area is 120 Å². The molecule has 1 amide bonds. The van der Waals surface area contributed by atoms with Crippen LogP contribution in [0.3, 0.4) is 0 Å². The predicted octanol–water partition coefficient (Wildman–Crippen LogP) is 3.09. The molecule has 0 heterocycles. The Morgan fingerprint density at radius 1 is 1.30 bits per heavy atom.